The molecule has 1 heteroatoms. The van der Waals surface area contributed by atoms with E-state index in [9.17, 15) is 4.79 Å². The van der Waals surface area contributed by atoms with Crippen molar-refractivity contribution in [3.63, 3.8) is 0 Å². The van der Waals surface area contributed by atoms with E-state index in [0.29, 0.717) is 0 Å². The molecule has 0 aliphatic carbocycles. The van der Waals surface area contributed by atoms with Crippen LogP contribution in [0.25, 0.3) is 0 Å². The van der Waals surface area contributed by atoms with Gasteiger partial charge in [-0.25, -0.2) is 0 Å². The first kappa shape index (κ1) is 16.1. The highest BCUT2D eigenvalue weighted by Crippen LogP contribution is 2.27. The van der Waals surface area contributed by atoms with Crippen molar-refractivity contribution in [2.75, 3.05) is 0 Å². The largest absolute Gasteiger partial charge is 0.290 e. The Morgan fingerprint density at radius 1 is 0.882 bits per heavy atom. The van der Waals surface area contributed by atoms with Crippen molar-refractivity contribution in [1.29, 1.82) is 0 Å². The number of carbonyl (C=O) groups is 1. The normalized spacial score (nSPS) is 13.8. The van der Waals surface area contributed by atoms with Crippen LogP contribution >= 0.6 is 0 Å². The van der Waals surface area contributed by atoms with Crippen molar-refractivity contribution in [3.8, 4) is 0 Å². The maximum Gasteiger partial charge on any atom is 0.178 e. The molecule has 0 amide bonds. The number of carbonyl (C=O) groups excluding carboxylic acids is 1. The lowest BCUT2D eigenvalue weighted by molar-refractivity contribution is -0.110. The van der Waals surface area contributed by atoms with Crippen LogP contribution in [0, 0.1) is 10.8 Å². The summed E-state index contributed by atoms with van der Waals surface area (Å²) in [5.74, 6) is 0.0969. The molecule has 0 aliphatic heterocycles. The predicted molar refractivity (Wildman–Crippen MR) is 76.0 cm³/mol. The second-order valence-electron chi connectivity index (χ2n) is 5.77. The fraction of sp³-hybridized carbons (Fsp3) is 0.688. The first-order valence-corrected chi connectivity index (χ1v) is 6.71. The van der Waals surface area contributed by atoms with Gasteiger partial charge in [-0.05, 0) is 42.2 Å². The molecule has 0 saturated carbocycles. The first-order chi connectivity index (χ1) is 7.78. The van der Waals surface area contributed by atoms with Crippen LogP contribution in [-0.2, 0) is 4.79 Å². The second-order valence-corrected chi connectivity index (χ2v) is 5.77. The summed E-state index contributed by atoms with van der Waals surface area (Å²) < 4.78 is 0. The zero-order chi connectivity index (χ0) is 13.5. The summed E-state index contributed by atoms with van der Waals surface area (Å²) in [5, 5.41) is 0. The first-order valence-electron chi connectivity index (χ1n) is 6.71. The Hall–Kier alpha value is -0.850. The zero-order valence-corrected chi connectivity index (χ0v) is 12.3. The molecule has 0 aromatic rings. The molecule has 1 nitrogen and oxygen atoms in total. The van der Waals surface area contributed by atoms with E-state index in [-0.39, 0.29) is 16.6 Å². The fourth-order valence-electron chi connectivity index (χ4n) is 1.25. The SMILES string of the molecule is CCC(C)(C)C=CC(=O)C=CC(C)(CC)CC. The van der Waals surface area contributed by atoms with Crippen molar-refractivity contribution in [2.24, 2.45) is 10.8 Å². The van der Waals surface area contributed by atoms with E-state index in [1.54, 1.807) is 12.2 Å². The number of ketones is 1. The molecule has 98 valence electrons. The van der Waals surface area contributed by atoms with Gasteiger partial charge in [-0.1, -0.05) is 53.7 Å². The highest BCUT2D eigenvalue weighted by molar-refractivity contribution is 5.99. The predicted octanol–water partition coefficient (Wildman–Crippen LogP) is 4.93. The van der Waals surface area contributed by atoms with Crippen LogP contribution in [0.1, 0.15) is 60.8 Å². The fourth-order valence-corrected chi connectivity index (χ4v) is 1.25. The summed E-state index contributed by atoms with van der Waals surface area (Å²) >= 11 is 0. The molecule has 0 spiro atoms. The maximum atomic E-state index is 11.7. The highest BCUT2D eigenvalue weighted by Gasteiger charge is 2.15. The number of allylic oxidation sites excluding steroid dienone is 4. The molecule has 0 aromatic heterocycles. The zero-order valence-electron chi connectivity index (χ0n) is 12.3. The van der Waals surface area contributed by atoms with Gasteiger partial charge in [0.2, 0.25) is 0 Å². The van der Waals surface area contributed by atoms with Crippen LogP contribution in [0.3, 0.4) is 0 Å². The molecule has 0 heterocycles. The smallest absolute Gasteiger partial charge is 0.178 e. The summed E-state index contributed by atoms with van der Waals surface area (Å²) in [6, 6.07) is 0. The Bertz CT molecular complexity index is 291. The van der Waals surface area contributed by atoms with Crippen molar-refractivity contribution in [3.05, 3.63) is 24.3 Å². The van der Waals surface area contributed by atoms with Crippen molar-refractivity contribution >= 4 is 5.78 Å². The molecule has 17 heavy (non-hydrogen) atoms. The molecule has 0 rings (SSSR count). The molecule has 0 N–H and O–H groups in total. The lowest BCUT2D eigenvalue weighted by atomic mass is 9.84. The Morgan fingerprint density at radius 3 is 1.76 bits per heavy atom. The van der Waals surface area contributed by atoms with Gasteiger partial charge < -0.3 is 0 Å². The Balaban J connectivity index is 4.52. The van der Waals surface area contributed by atoms with Crippen LogP contribution in [-0.4, -0.2) is 5.78 Å². The lowest BCUT2D eigenvalue weighted by Gasteiger charge is -2.21. The molecule has 0 radical (unpaired) electrons. The van der Waals surface area contributed by atoms with Crippen molar-refractivity contribution < 1.29 is 4.79 Å². The third-order valence-corrected chi connectivity index (χ3v) is 3.88. The second kappa shape index (κ2) is 6.78. The molecule has 0 aromatic carbocycles. The minimum atomic E-state index is 0.0969. The Labute approximate surface area is 107 Å². The van der Waals surface area contributed by atoms with Gasteiger partial charge in [0.05, 0.1) is 0 Å². The standard InChI is InChI=1S/C16H28O/c1-7-15(4,5)12-10-14(17)11-13-16(6,8-2)9-3/h10-13H,7-9H2,1-6H3. The lowest BCUT2D eigenvalue weighted by Crippen LogP contribution is -2.10. The van der Waals surface area contributed by atoms with E-state index in [2.05, 4.69) is 47.6 Å². The van der Waals surface area contributed by atoms with Crippen molar-refractivity contribution in [1.82, 2.24) is 0 Å². The van der Waals surface area contributed by atoms with E-state index in [1.165, 1.54) is 0 Å². The van der Waals surface area contributed by atoms with Crippen LogP contribution in [0.4, 0.5) is 0 Å². The van der Waals surface area contributed by atoms with E-state index in [1.807, 2.05) is 6.08 Å². The number of hydrogen-bond acceptors (Lipinski definition) is 1. The monoisotopic (exact) mass is 236 g/mol. The minimum Gasteiger partial charge on any atom is -0.290 e. The summed E-state index contributed by atoms with van der Waals surface area (Å²) in [6.07, 6.45) is 10.7. The molecule has 0 atom stereocenters. The summed E-state index contributed by atoms with van der Waals surface area (Å²) in [5.41, 5.74) is 0.270. The van der Waals surface area contributed by atoms with Gasteiger partial charge in [0.25, 0.3) is 0 Å². The molecule has 0 saturated heterocycles. The third kappa shape index (κ3) is 6.45. The number of rotatable bonds is 7. The van der Waals surface area contributed by atoms with Gasteiger partial charge in [-0.3, -0.25) is 4.79 Å². The van der Waals surface area contributed by atoms with Crippen molar-refractivity contribution in [2.45, 2.75) is 60.8 Å². The Kier molecular flexibility index (Phi) is 6.44. The third-order valence-electron chi connectivity index (χ3n) is 3.88. The van der Waals surface area contributed by atoms with E-state index < -0.39 is 0 Å². The summed E-state index contributed by atoms with van der Waals surface area (Å²) in [4.78, 5) is 11.7. The molecule has 0 aliphatic rings. The molecular formula is C16H28O. The van der Waals surface area contributed by atoms with Gasteiger partial charge in [0.15, 0.2) is 5.78 Å². The Morgan fingerprint density at radius 2 is 1.35 bits per heavy atom. The topological polar surface area (TPSA) is 17.1 Å². The summed E-state index contributed by atoms with van der Waals surface area (Å²) in [7, 11) is 0. The quantitative estimate of drug-likeness (QED) is 0.573. The molecular weight excluding hydrogens is 208 g/mol. The van der Waals surface area contributed by atoms with Gasteiger partial charge in [-0.15, -0.1) is 0 Å². The van der Waals surface area contributed by atoms with Crippen LogP contribution < -0.4 is 0 Å². The average molecular weight is 236 g/mol. The van der Waals surface area contributed by atoms with Gasteiger partial charge in [0.1, 0.15) is 0 Å². The molecule has 0 unspecified atom stereocenters. The van der Waals surface area contributed by atoms with E-state index in [0.717, 1.165) is 19.3 Å². The van der Waals surface area contributed by atoms with E-state index >= 15 is 0 Å². The highest BCUT2D eigenvalue weighted by atomic mass is 16.1. The van der Waals surface area contributed by atoms with Gasteiger partial charge in [0, 0.05) is 0 Å². The minimum absolute atomic E-state index is 0.0969. The average Bonchev–Trinajstić information content (AvgIpc) is 2.33. The van der Waals surface area contributed by atoms with Crippen LogP contribution in [0.5, 0.6) is 0 Å². The summed E-state index contributed by atoms with van der Waals surface area (Å²) in [6.45, 7) is 12.9. The van der Waals surface area contributed by atoms with Crippen LogP contribution in [0.2, 0.25) is 0 Å². The molecule has 0 fully saturated rings. The van der Waals surface area contributed by atoms with E-state index in [4.69, 9.17) is 0 Å². The molecule has 0 bridgehead atoms. The number of hydrogen-bond donors (Lipinski definition) is 0. The van der Waals surface area contributed by atoms with Gasteiger partial charge in [-0.2, -0.15) is 0 Å². The maximum absolute atomic E-state index is 11.7. The van der Waals surface area contributed by atoms with Gasteiger partial charge >= 0.3 is 0 Å². The van der Waals surface area contributed by atoms with Crippen LogP contribution in [0.15, 0.2) is 24.3 Å².